The van der Waals surface area contributed by atoms with E-state index < -0.39 is 14.6 Å². The SMILES string of the molecule is C[SiH](C)CCCOC(C)(O)C(C)(CC(C)(C)C)C(C)(C)C. The molecule has 3 heteroatoms. The van der Waals surface area contributed by atoms with Crippen LogP contribution in [-0.2, 0) is 4.74 Å². The average Bonchev–Trinajstić information content (AvgIpc) is 2.20. The lowest BCUT2D eigenvalue weighted by molar-refractivity contribution is -0.290. The van der Waals surface area contributed by atoms with E-state index in [4.69, 9.17) is 4.74 Å². The van der Waals surface area contributed by atoms with E-state index >= 15 is 0 Å². The van der Waals surface area contributed by atoms with Gasteiger partial charge in [0.15, 0.2) is 5.79 Å². The maximum Gasteiger partial charge on any atom is 0.168 e. The molecule has 0 aromatic carbocycles. The number of ether oxygens (including phenoxy) is 1. The van der Waals surface area contributed by atoms with Gasteiger partial charge in [-0.1, -0.05) is 67.6 Å². The summed E-state index contributed by atoms with van der Waals surface area (Å²) < 4.78 is 6.00. The van der Waals surface area contributed by atoms with Crippen molar-refractivity contribution in [2.24, 2.45) is 16.2 Å². The molecule has 0 fully saturated rings. The van der Waals surface area contributed by atoms with E-state index in [1.807, 2.05) is 6.92 Å². The molecule has 0 saturated heterocycles. The van der Waals surface area contributed by atoms with E-state index in [1.165, 1.54) is 6.04 Å². The van der Waals surface area contributed by atoms with E-state index in [2.05, 4.69) is 61.6 Å². The van der Waals surface area contributed by atoms with Gasteiger partial charge >= 0.3 is 0 Å². The first kappa shape index (κ1) is 21.1. The molecular weight excluding hydrogens is 276 g/mol. The normalized spacial score (nSPS) is 19.4. The lowest BCUT2D eigenvalue weighted by atomic mass is 9.57. The predicted molar refractivity (Wildman–Crippen MR) is 96.5 cm³/mol. The van der Waals surface area contributed by atoms with Crippen molar-refractivity contribution in [1.82, 2.24) is 0 Å². The van der Waals surface area contributed by atoms with Crippen LogP contribution < -0.4 is 0 Å². The molecular formula is C18H40O2Si. The van der Waals surface area contributed by atoms with Gasteiger partial charge in [-0.2, -0.15) is 0 Å². The van der Waals surface area contributed by atoms with Crippen molar-refractivity contribution in [3.8, 4) is 0 Å². The molecule has 1 N–H and O–H groups in total. The first-order valence-electron chi connectivity index (χ1n) is 8.49. The zero-order chi connectivity index (χ0) is 17.1. The van der Waals surface area contributed by atoms with Crippen LogP contribution in [0, 0.1) is 16.2 Å². The van der Waals surface area contributed by atoms with E-state index in [9.17, 15) is 5.11 Å². The number of rotatable bonds is 7. The fourth-order valence-electron chi connectivity index (χ4n) is 3.11. The van der Waals surface area contributed by atoms with E-state index in [0.717, 1.165) is 12.8 Å². The highest BCUT2D eigenvalue weighted by atomic mass is 28.3. The Balaban J connectivity index is 5.05. The Kier molecular flexibility index (Phi) is 7.19. The largest absolute Gasteiger partial charge is 0.365 e. The van der Waals surface area contributed by atoms with Crippen LogP contribution >= 0.6 is 0 Å². The minimum atomic E-state index is -1.10. The molecule has 2 atom stereocenters. The van der Waals surface area contributed by atoms with Gasteiger partial charge in [-0.05, 0) is 30.6 Å². The van der Waals surface area contributed by atoms with Gasteiger partial charge in [0, 0.05) is 20.8 Å². The second kappa shape index (κ2) is 7.14. The summed E-state index contributed by atoms with van der Waals surface area (Å²) in [5.74, 6) is -1.10. The topological polar surface area (TPSA) is 29.5 Å². The molecule has 0 heterocycles. The second-order valence-electron chi connectivity index (χ2n) is 9.69. The Labute approximate surface area is 135 Å². The molecule has 0 aliphatic carbocycles. The molecule has 0 spiro atoms. The van der Waals surface area contributed by atoms with Crippen LogP contribution in [0.25, 0.3) is 0 Å². The summed E-state index contributed by atoms with van der Waals surface area (Å²) in [4.78, 5) is 0. The highest BCUT2D eigenvalue weighted by molar-refractivity contribution is 6.55. The second-order valence-corrected chi connectivity index (χ2v) is 13.1. The van der Waals surface area contributed by atoms with E-state index in [0.29, 0.717) is 6.61 Å². The predicted octanol–water partition coefficient (Wildman–Crippen LogP) is 5.08. The van der Waals surface area contributed by atoms with Crippen molar-refractivity contribution in [2.75, 3.05) is 6.61 Å². The van der Waals surface area contributed by atoms with Crippen LogP contribution in [0.2, 0.25) is 19.1 Å². The van der Waals surface area contributed by atoms with Crippen LogP contribution in [0.3, 0.4) is 0 Å². The quantitative estimate of drug-likeness (QED) is 0.403. The van der Waals surface area contributed by atoms with E-state index in [-0.39, 0.29) is 16.2 Å². The molecule has 2 unspecified atom stereocenters. The minimum absolute atomic E-state index is 0.0312. The molecule has 0 radical (unpaired) electrons. The number of hydrogen-bond acceptors (Lipinski definition) is 2. The molecule has 0 aliphatic heterocycles. The zero-order valence-corrected chi connectivity index (χ0v) is 17.4. The lowest BCUT2D eigenvalue weighted by Gasteiger charge is -2.53. The van der Waals surface area contributed by atoms with Gasteiger partial charge in [-0.3, -0.25) is 0 Å². The van der Waals surface area contributed by atoms with E-state index in [1.54, 1.807) is 0 Å². The highest BCUT2D eigenvalue weighted by Gasteiger charge is 2.53. The van der Waals surface area contributed by atoms with Crippen molar-refractivity contribution in [2.45, 2.75) is 93.2 Å². The summed E-state index contributed by atoms with van der Waals surface area (Å²) in [6, 6.07) is 1.28. The van der Waals surface area contributed by atoms with Crippen LogP contribution in [0.1, 0.15) is 68.2 Å². The molecule has 0 aromatic rings. The maximum atomic E-state index is 11.1. The summed E-state index contributed by atoms with van der Waals surface area (Å²) in [7, 11) is -0.528. The first-order valence-corrected chi connectivity index (χ1v) is 11.6. The van der Waals surface area contributed by atoms with Gasteiger partial charge in [0.1, 0.15) is 0 Å². The number of aliphatic hydroxyl groups is 1. The summed E-state index contributed by atoms with van der Waals surface area (Å²) in [5, 5.41) is 11.1. The average molecular weight is 317 g/mol. The molecule has 0 amide bonds. The molecule has 2 nitrogen and oxygen atoms in total. The third-order valence-electron chi connectivity index (χ3n) is 4.87. The van der Waals surface area contributed by atoms with Gasteiger partial charge < -0.3 is 9.84 Å². The molecule has 0 saturated carbocycles. The van der Waals surface area contributed by atoms with Crippen molar-refractivity contribution in [3.05, 3.63) is 0 Å². The Morgan fingerprint density at radius 3 is 1.71 bits per heavy atom. The Morgan fingerprint density at radius 1 is 0.905 bits per heavy atom. The molecule has 0 bridgehead atoms. The lowest BCUT2D eigenvalue weighted by Crippen LogP contribution is -2.55. The van der Waals surface area contributed by atoms with Crippen molar-refractivity contribution in [1.29, 1.82) is 0 Å². The Morgan fingerprint density at radius 2 is 1.38 bits per heavy atom. The summed E-state index contributed by atoms with van der Waals surface area (Å²) in [5.41, 5.74) is -0.176. The third-order valence-corrected chi connectivity index (χ3v) is 6.43. The van der Waals surface area contributed by atoms with Crippen molar-refractivity contribution >= 4 is 8.80 Å². The molecule has 0 rings (SSSR count). The van der Waals surface area contributed by atoms with Crippen LogP contribution in [0.5, 0.6) is 0 Å². The van der Waals surface area contributed by atoms with Gasteiger partial charge in [0.25, 0.3) is 0 Å². The third kappa shape index (κ3) is 6.41. The standard InChI is InChI=1S/C18H40O2Si/c1-15(2,3)14-17(7,16(4,5)6)18(8,19)20-12-11-13-21(9)10/h19,21H,11-14H2,1-10H3. The smallest absolute Gasteiger partial charge is 0.168 e. The van der Waals surface area contributed by atoms with Crippen LogP contribution in [0.4, 0.5) is 0 Å². The monoisotopic (exact) mass is 316 g/mol. The van der Waals surface area contributed by atoms with Gasteiger partial charge in [-0.15, -0.1) is 0 Å². The Hall–Kier alpha value is 0.137. The fraction of sp³-hybridized carbons (Fsp3) is 1.00. The van der Waals surface area contributed by atoms with Crippen molar-refractivity contribution < 1.29 is 9.84 Å². The molecule has 0 aromatic heterocycles. The van der Waals surface area contributed by atoms with Gasteiger partial charge in [0.2, 0.25) is 0 Å². The van der Waals surface area contributed by atoms with Crippen LogP contribution in [0.15, 0.2) is 0 Å². The summed E-state index contributed by atoms with van der Waals surface area (Å²) in [6.07, 6.45) is 1.99. The maximum absolute atomic E-state index is 11.1. The molecule has 0 aliphatic rings. The van der Waals surface area contributed by atoms with Gasteiger partial charge in [0.05, 0.1) is 0 Å². The number of hydrogen-bond donors (Lipinski definition) is 1. The minimum Gasteiger partial charge on any atom is -0.365 e. The van der Waals surface area contributed by atoms with Crippen molar-refractivity contribution in [3.63, 3.8) is 0 Å². The summed E-state index contributed by atoms with van der Waals surface area (Å²) in [6.45, 7) is 22.7. The first-order chi connectivity index (χ1) is 9.12. The Bertz CT molecular complexity index is 310. The van der Waals surface area contributed by atoms with Crippen LogP contribution in [-0.4, -0.2) is 26.3 Å². The summed E-state index contributed by atoms with van der Waals surface area (Å²) >= 11 is 0. The fourth-order valence-corrected chi connectivity index (χ4v) is 4.09. The molecule has 21 heavy (non-hydrogen) atoms. The zero-order valence-electron chi connectivity index (χ0n) is 16.3. The van der Waals surface area contributed by atoms with Gasteiger partial charge in [-0.25, -0.2) is 0 Å². The molecule has 128 valence electrons. The highest BCUT2D eigenvalue weighted by Crippen LogP contribution is 2.53.